The normalized spacial score (nSPS) is 16.4. The zero-order chi connectivity index (χ0) is 66.3. The van der Waals surface area contributed by atoms with Crippen LogP contribution in [0.5, 0.6) is 5.75 Å². The first-order chi connectivity index (χ1) is 40.9. The van der Waals surface area contributed by atoms with E-state index in [0.29, 0.717) is 17.9 Å². The van der Waals surface area contributed by atoms with Crippen molar-refractivity contribution >= 4 is 92.7 Å². The third kappa shape index (κ3) is 14.3. The first kappa shape index (κ1) is 68.7. The number of aromatic nitrogens is 5. The zero-order valence-corrected chi connectivity index (χ0v) is 53.2. The van der Waals surface area contributed by atoms with Gasteiger partial charge in [0.2, 0.25) is 21.8 Å². The molecule has 0 radical (unpaired) electrons. The van der Waals surface area contributed by atoms with E-state index in [0.717, 1.165) is 42.7 Å². The Kier molecular flexibility index (Phi) is 18.8. The van der Waals surface area contributed by atoms with E-state index in [-0.39, 0.29) is 60.2 Å². The highest BCUT2D eigenvalue weighted by atomic mass is 35.5. The Morgan fingerprint density at radius 1 is 0.921 bits per heavy atom. The predicted molar refractivity (Wildman–Crippen MR) is 310 cm³/mol. The minimum Gasteiger partial charge on any atom is -0.481 e. The molecular weight excluding hydrogens is 1320 g/mol. The molecule has 19 nitrogen and oxygen atoms in total. The highest BCUT2D eigenvalue weighted by Gasteiger charge is 2.64. The highest BCUT2D eigenvalue weighted by molar-refractivity contribution is 7.93. The average molecular weight is 1370 g/mol. The number of anilines is 1. The molecule has 0 spiro atoms. The van der Waals surface area contributed by atoms with Crippen LogP contribution in [0.15, 0.2) is 54.6 Å². The number of carboxylic acids is 1. The Hall–Kier alpha value is -6.24. The second-order valence-electron chi connectivity index (χ2n) is 22.5. The lowest BCUT2D eigenvalue weighted by atomic mass is 9.73. The molecule has 2 aliphatic carbocycles. The number of nitrogens with one attached hydrogen (secondary N) is 1. The van der Waals surface area contributed by atoms with Crippen LogP contribution in [-0.2, 0) is 90.9 Å². The lowest BCUT2D eigenvalue weighted by Gasteiger charge is -2.34. The van der Waals surface area contributed by atoms with Crippen LogP contribution in [0.2, 0.25) is 5.02 Å². The number of rotatable bonds is 20. The highest BCUT2D eigenvalue weighted by Crippen LogP contribution is 2.64. The topological polar surface area (TPSA) is 248 Å². The van der Waals surface area contributed by atoms with Gasteiger partial charge in [-0.1, -0.05) is 43.5 Å². The number of hydrogen-bond donors (Lipinski definition) is 2. The molecule has 2 N–H and O–H groups in total. The van der Waals surface area contributed by atoms with Gasteiger partial charge in [-0.15, -0.1) is 0 Å². The third-order valence-electron chi connectivity index (χ3n) is 15.0. The summed E-state index contributed by atoms with van der Waals surface area (Å²) in [6, 6.07) is 7.14. The fraction of sp³-hybridized carbons (Fsp3) is 0.407. The fourth-order valence-electron chi connectivity index (χ4n) is 10.9. The Morgan fingerprint density at radius 2 is 1.55 bits per heavy atom. The Bertz CT molecular complexity index is 4220. The van der Waals surface area contributed by atoms with Crippen molar-refractivity contribution in [3.63, 3.8) is 0 Å². The van der Waals surface area contributed by atoms with Crippen molar-refractivity contribution in [2.24, 2.45) is 5.92 Å². The Labute approximate surface area is 511 Å². The lowest BCUT2D eigenvalue weighted by Crippen LogP contribution is -2.40. The number of carbonyl (C=O) groups is 3. The minimum absolute atomic E-state index is 0.0296. The maximum absolute atomic E-state index is 16.0. The number of amides is 2. The second kappa shape index (κ2) is 24.4. The molecule has 3 aromatic carbocycles. The van der Waals surface area contributed by atoms with Crippen molar-refractivity contribution in [3.05, 3.63) is 122 Å². The average Bonchev–Trinajstić information content (AvgIpc) is 1.56. The SMILES string of the molecule is Cc1cc(CC(=O)O)c(C(C)(C)CC(=O)N(c2nn(CC(F)(F)F)c3c(-c4ccc(C#CC(C)(C)S(C)(=O)=O)nc4[C@H](Cc4cc(F)cc(F)c4)NC(=O)Cn4nc(C(F)(F)F)c5c4C(F)(F)[C@@H]4CC[C@H]54)ccc(Cl)c23)S(C)(=O)=O)c(OP(=O)(OP)OP)c1. The van der Waals surface area contributed by atoms with E-state index >= 15 is 22.4 Å². The number of carbonyl (C=O) groups excluding carboxylic acids is 2. The van der Waals surface area contributed by atoms with E-state index in [2.05, 4.69) is 32.3 Å². The molecule has 0 saturated heterocycles. The molecule has 0 aliphatic heterocycles. The van der Waals surface area contributed by atoms with Gasteiger partial charge in [0, 0.05) is 71.3 Å². The van der Waals surface area contributed by atoms with Gasteiger partial charge in [-0.05, 0) is 105 Å². The van der Waals surface area contributed by atoms with Crippen LogP contribution in [0.1, 0.15) is 110 Å². The molecular formula is C54H53ClF10N7O12P3S2. The molecule has 0 bridgehead atoms. The standard InChI is InChI=1S/C54H53ClF10N7O12P3S2/c1-26-16-28(21-41(75)76)44(38(17-26)82-87(77,83-85)84-86)50(2,3)23-40(74)72(89(7,80)81)49-43-36(55)13-11-33(46(43)71(69-49)25-52(58,59)60)32-9-8-31(14-15-51(4,5)88(6,78)79)66-45(32)37(20-27-18-29(56)22-30(57)19-27)67-39(73)24-70-48-42(47(68-70)54(63,64)65)34-10-12-35(34)53(48,61)62/h8-9,11,13,16-19,22,34-35,37H,10,12,20-21,23-25,85-86H2,1-7H3,(H,67,73)(H,75,76)/t34-,35+,37-/m0/s1. The summed E-state index contributed by atoms with van der Waals surface area (Å²) in [5.41, 5.74) is -8.02. The molecule has 3 heterocycles. The molecule has 1 saturated carbocycles. The summed E-state index contributed by atoms with van der Waals surface area (Å²) in [4.78, 5) is 46.3. The van der Waals surface area contributed by atoms with Crippen molar-refractivity contribution in [1.29, 1.82) is 0 Å². The molecule has 2 amide bonds. The van der Waals surface area contributed by atoms with Crippen molar-refractivity contribution in [2.75, 3.05) is 16.8 Å². The number of hydrogen-bond acceptors (Lipinski definition) is 14. The molecule has 89 heavy (non-hydrogen) atoms. The summed E-state index contributed by atoms with van der Waals surface area (Å²) in [5, 5.41) is 18.6. The number of aliphatic carboxylic acids is 1. The largest absolute Gasteiger partial charge is 0.535 e. The van der Waals surface area contributed by atoms with Gasteiger partial charge >= 0.3 is 26.1 Å². The predicted octanol–water partition coefficient (Wildman–Crippen LogP) is 11.4. The number of sulfone groups is 1. The van der Waals surface area contributed by atoms with Crippen LogP contribution in [0.3, 0.4) is 0 Å². The zero-order valence-electron chi connectivity index (χ0n) is 47.6. The van der Waals surface area contributed by atoms with E-state index in [1.807, 2.05) is 0 Å². The van der Waals surface area contributed by atoms with E-state index in [1.54, 1.807) is 18.9 Å². The van der Waals surface area contributed by atoms with E-state index < -0.39 is 186 Å². The minimum atomic E-state index is -5.27. The summed E-state index contributed by atoms with van der Waals surface area (Å²) in [7, 11) is -10.3. The Balaban J connectivity index is 1.36. The van der Waals surface area contributed by atoms with Crippen LogP contribution in [-0.4, -0.2) is 87.7 Å². The molecule has 5 atom stereocenters. The fourth-order valence-corrected chi connectivity index (χ4v) is 13.6. The number of phosphoric acid groups is 1. The molecule has 35 heteroatoms. The van der Waals surface area contributed by atoms with Gasteiger partial charge in [0.05, 0.1) is 40.3 Å². The van der Waals surface area contributed by atoms with Crippen molar-refractivity contribution in [1.82, 2.24) is 29.9 Å². The summed E-state index contributed by atoms with van der Waals surface area (Å²) in [5.74, 6) is -9.63. The number of carboxylic acid groups (broad SMARTS) is 1. The van der Waals surface area contributed by atoms with Crippen molar-refractivity contribution in [3.8, 4) is 28.7 Å². The summed E-state index contributed by atoms with van der Waals surface area (Å²) >= 11 is 6.83. The molecule has 6 aromatic rings. The van der Waals surface area contributed by atoms with Crippen molar-refractivity contribution in [2.45, 2.75) is 120 Å². The summed E-state index contributed by atoms with van der Waals surface area (Å²) < 4.78 is 232. The van der Waals surface area contributed by atoms with Gasteiger partial charge in [0.25, 0.3) is 5.92 Å². The monoisotopic (exact) mass is 1370 g/mol. The maximum atomic E-state index is 16.0. The molecule has 2 unspecified atom stereocenters. The number of halogens is 11. The molecule has 2 aliphatic rings. The first-order valence-corrected chi connectivity index (χ1v) is 32.7. The summed E-state index contributed by atoms with van der Waals surface area (Å²) in [6.07, 6.45) is -11.9. The quantitative estimate of drug-likeness (QED) is 0.0410. The molecule has 1 fully saturated rings. The van der Waals surface area contributed by atoms with Crippen LogP contribution in [0.4, 0.5) is 49.7 Å². The van der Waals surface area contributed by atoms with E-state index in [4.69, 9.17) is 24.7 Å². The third-order valence-corrected chi connectivity index (χ3v) is 20.7. The van der Waals surface area contributed by atoms with Crippen LogP contribution in [0.25, 0.3) is 22.0 Å². The number of sulfonamides is 1. The molecule has 480 valence electrons. The Morgan fingerprint density at radius 3 is 2.10 bits per heavy atom. The molecule has 3 aromatic heterocycles. The van der Waals surface area contributed by atoms with E-state index in [9.17, 15) is 62.4 Å². The van der Waals surface area contributed by atoms with Crippen LogP contribution in [0, 0.1) is 36.3 Å². The van der Waals surface area contributed by atoms with Crippen LogP contribution >= 0.6 is 38.4 Å². The van der Waals surface area contributed by atoms with Gasteiger partial charge in [0.15, 0.2) is 21.3 Å². The van der Waals surface area contributed by atoms with Gasteiger partial charge in [-0.3, -0.25) is 32.4 Å². The summed E-state index contributed by atoms with van der Waals surface area (Å²) in [6.45, 7) is 3.16. The van der Waals surface area contributed by atoms with Crippen molar-refractivity contribution < 1.29 is 97.9 Å². The number of benzene rings is 3. The van der Waals surface area contributed by atoms with Gasteiger partial charge in [-0.25, -0.2) is 35.2 Å². The van der Waals surface area contributed by atoms with Crippen LogP contribution < -0.4 is 14.1 Å². The number of alkyl halides is 8. The van der Waals surface area contributed by atoms with E-state index in [1.165, 1.54) is 46.8 Å². The lowest BCUT2D eigenvalue weighted by molar-refractivity contribution is -0.144. The smallest absolute Gasteiger partial charge is 0.481 e. The van der Waals surface area contributed by atoms with Gasteiger partial charge < -0.3 is 14.9 Å². The first-order valence-electron chi connectivity index (χ1n) is 26.2. The van der Waals surface area contributed by atoms with Gasteiger partial charge in [-0.2, -0.15) is 49.6 Å². The number of pyridine rings is 1. The molecule has 8 rings (SSSR count). The number of fused-ring (bicyclic) bond motifs is 4. The number of aryl methyl sites for hydroxylation is 1. The van der Waals surface area contributed by atoms with Gasteiger partial charge in [0.1, 0.15) is 46.6 Å². The number of nitrogens with zero attached hydrogens (tertiary/aromatic N) is 6. The maximum Gasteiger partial charge on any atom is 0.535 e. The second-order valence-corrected chi connectivity index (χ2v) is 30.0.